The number of aliphatic hydroxyl groups is 2. The average molecular weight is 605 g/mol. The molecule has 0 aliphatic heterocycles. The maximum Gasteiger partial charge on any atom is 0.506 e. The van der Waals surface area contributed by atoms with Crippen molar-refractivity contribution in [1.82, 2.24) is 5.32 Å². The summed E-state index contributed by atoms with van der Waals surface area (Å²) >= 11 is 0. The van der Waals surface area contributed by atoms with E-state index in [1.54, 1.807) is 6.92 Å². The maximum absolute atomic E-state index is 11.6. The van der Waals surface area contributed by atoms with Gasteiger partial charge in [-0.3, -0.25) is 4.79 Å². The fourth-order valence-electron chi connectivity index (χ4n) is 5.69. The average Bonchev–Trinajstić information content (AvgIpc) is 3.21. The van der Waals surface area contributed by atoms with Gasteiger partial charge in [-0.15, -0.1) is 10.1 Å². The lowest BCUT2D eigenvalue weighted by atomic mass is 9.86. The molecule has 0 bridgehead atoms. The molecule has 1 fully saturated rings. The minimum atomic E-state index is -1.40. The second kappa shape index (κ2) is 19.7. The van der Waals surface area contributed by atoms with E-state index in [-0.39, 0.29) is 30.1 Å². The molecule has 1 aliphatic rings. The van der Waals surface area contributed by atoms with E-state index in [4.69, 9.17) is 4.74 Å². The lowest BCUT2D eigenvalue weighted by Gasteiger charge is -2.26. The Morgan fingerprint density at radius 2 is 1.86 bits per heavy atom. The topological polar surface area (TPSA) is 168 Å². The van der Waals surface area contributed by atoms with Crippen LogP contribution in [0.5, 0.6) is 0 Å². The first-order valence-electron chi connectivity index (χ1n) is 15.3. The number of nitrogens with one attached hydrogen (secondary N) is 1. The van der Waals surface area contributed by atoms with Crippen molar-refractivity contribution in [1.29, 1.82) is 0 Å². The molecule has 4 N–H and O–H groups in total. The van der Waals surface area contributed by atoms with Gasteiger partial charge in [0.25, 0.3) is 5.09 Å². The number of benzene rings is 1. The molecule has 0 heterocycles. The van der Waals surface area contributed by atoms with Gasteiger partial charge >= 0.3 is 6.16 Å². The second-order valence-corrected chi connectivity index (χ2v) is 11.2. The van der Waals surface area contributed by atoms with Crippen LogP contribution in [-0.4, -0.2) is 63.4 Å². The maximum atomic E-state index is 11.6. The molecule has 7 atom stereocenters. The number of carboxylic acid groups (broad SMARTS) is 1. The second-order valence-electron chi connectivity index (χ2n) is 11.2. The van der Waals surface area contributed by atoms with Crippen molar-refractivity contribution >= 4 is 12.1 Å². The van der Waals surface area contributed by atoms with E-state index in [9.17, 15) is 35.0 Å². The molecule has 2 rings (SSSR count). The van der Waals surface area contributed by atoms with Gasteiger partial charge in [0.2, 0.25) is 5.91 Å². The van der Waals surface area contributed by atoms with Crippen molar-refractivity contribution < 1.29 is 39.6 Å². The normalized spacial score (nSPS) is 22.3. The highest BCUT2D eigenvalue weighted by atomic mass is 17.0. The number of unbranched alkanes of at least 4 members (excludes halogenated alkanes) is 1. The fraction of sp³-hybridized carbons (Fsp3) is 0.625. The number of ether oxygens (including phenoxy) is 1. The molecule has 1 aliphatic carbocycles. The standard InChI is InChI=1S/C32H48N2O9/c1-3-33-31(37)17-10-5-4-9-15-26-27(29(36)22-28(26)35)21-20-25(19-18-24-13-7-6-8-14-24)30(42-32(38)39)16-11-12-23(2)43-34(40)41/h4,6-9,13-14,20-21,23,25-30,35-36H,3,5,10-12,15-19,22H2,1-2H3,(H,33,37)(H,38,39)/b9-4-,21-20+/t23-,25?,26-,27-,28+,29-,30+/m1/s1. The minimum Gasteiger partial charge on any atom is -0.450 e. The molecule has 11 heteroatoms. The number of aliphatic hydroxyl groups excluding tert-OH is 2. The van der Waals surface area contributed by atoms with E-state index < -0.39 is 35.7 Å². The number of hydrogen-bond donors (Lipinski definition) is 4. The van der Waals surface area contributed by atoms with E-state index >= 15 is 0 Å². The van der Waals surface area contributed by atoms with E-state index in [0.29, 0.717) is 51.5 Å². The molecule has 240 valence electrons. The number of amides is 1. The molecule has 0 spiro atoms. The molecule has 1 unspecified atom stereocenters. The highest BCUT2D eigenvalue weighted by Gasteiger charge is 2.39. The van der Waals surface area contributed by atoms with Gasteiger partial charge in [0.05, 0.1) is 12.2 Å². The van der Waals surface area contributed by atoms with Crippen LogP contribution < -0.4 is 5.32 Å². The number of carbonyl (C=O) groups is 2. The van der Waals surface area contributed by atoms with E-state index in [2.05, 4.69) is 10.2 Å². The van der Waals surface area contributed by atoms with Crippen LogP contribution in [0.1, 0.15) is 77.2 Å². The van der Waals surface area contributed by atoms with Gasteiger partial charge in [0.15, 0.2) is 0 Å². The lowest BCUT2D eigenvalue weighted by molar-refractivity contribution is -0.767. The Labute approximate surface area is 254 Å². The van der Waals surface area contributed by atoms with Gasteiger partial charge in [-0.05, 0) is 76.7 Å². The zero-order valence-electron chi connectivity index (χ0n) is 25.3. The van der Waals surface area contributed by atoms with Crippen molar-refractivity contribution in [3.8, 4) is 0 Å². The van der Waals surface area contributed by atoms with Crippen LogP contribution >= 0.6 is 0 Å². The molecule has 1 aromatic rings. The molecule has 1 amide bonds. The van der Waals surface area contributed by atoms with Crippen molar-refractivity contribution in [2.24, 2.45) is 17.8 Å². The number of rotatable bonds is 20. The molecule has 0 radical (unpaired) electrons. The lowest BCUT2D eigenvalue weighted by Crippen LogP contribution is -2.27. The Bertz CT molecular complexity index is 1030. The van der Waals surface area contributed by atoms with Crippen LogP contribution in [0.2, 0.25) is 0 Å². The summed E-state index contributed by atoms with van der Waals surface area (Å²) < 4.78 is 5.33. The predicted molar refractivity (Wildman–Crippen MR) is 162 cm³/mol. The number of nitrogens with zero attached hydrogens (tertiary/aromatic N) is 1. The van der Waals surface area contributed by atoms with Crippen LogP contribution in [0, 0.1) is 27.9 Å². The Morgan fingerprint density at radius 3 is 2.53 bits per heavy atom. The quantitative estimate of drug-likeness (QED) is 0.0512. The summed E-state index contributed by atoms with van der Waals surface area (Å²) in [6, 6.07) is 9.81. The molecule has 1 aromatic carbocycles. The largest absolute Gasteiger partial charge is 0.506 e. The summed E-state index contributed by atoms with van der Waals surface area (Å²) in [5, 5.41) is 43.6. The Kier molecular flexibility index (Phi) is 16.4. The number of aryl methyl sites for hydroxylation is 1. The molecular weight excluding hydrogens is 556 g/mol. The van der Waals surface area contributed by atoms with Gasteiger partial charge in [0.1, 0.15) is 12.2 Å². The SMILES string of the molecule is CCNC(=O)CCC/C=C\C[C@@H]1[C@@H](/C=C/C(CCc2ccccc2)[C@H](CCC[C@@H](C)O[N+](=O)[O-])OC(=O)O)[C@H](O)C[C@@H]1O. The van der Waals surface area contributed by atoms with Crippen molar-refractivity contribution in [3.05, 3.63) is 70.3 Å². The predicted octanol–water partition coefficient (Wildman–Crippen LogP) is 5.23. The number of carbonyl (C=O) groups excluding carboxylic acids is 1. The van der Waals surface area contributed by atoms with Gasteiger partial charge in [-0.2, -0.15) is 0 Å². The molecule has 11 nitrogen and oxygen atoms in total. The Hall–Kier alpha value is -3.44. The first-order valence-corrected chi connectivity index (χ1v) is 15.3. The van der Waals surface area contributed by atoms with Crippen LogP contribution in [0.3, 0.4) is 0 Å². The monoisotopic (exact) mass is 604 g/mol. The number of allylic oxidation sites excluding steroid dienone is 2. The van der Waals surface area contributed by atoms with Crippen LogP contribution in [0.25, 0.3) is 0 Å². The summed E-state index contributed by atoms with van der Waals surface area (Å²) in [6.07, 6.45) is 8.80. The van der Waals surface area contributed by atoms with Crippen LogP contribution in [0.4, 0.5) is 4.79 Å². The molecule has 0 saturated heterocycles. The summed E-state index contributed by atoms with van der Waals surface area (Å²) in [5.41, 5.74) is 1.09. The van der Waals surface area contributed by atoms with Crippen molar-refractivity contribution in [3.63, 3.8) is 0 Å². The third-order valence-corrected chi connectivity index (χ3v) is 7.92. The molecule has 43 heavy (non-hydrogen) atoms. The fourth-order valence-corrected chi connectivity index (χ4v) is 5.69. The highest BCUT2D eigenvalue weighted by molar-refractivity contribution is 5.75. The van der Waals surface area contributed by atoms with Crippen molar-refractivity contribution in [2.45, 2.75) is 102 Å². The zero-order valence-corrected chi connectivity index (χ0v) is 25.3. The van der Waals surface area contributed by atoms with Crippen molar-refractivity contribution in [2.75, 3.05) is 6.54 Å². The Morgan fingerprint density at radius 1 is 1.12 bits per heavy atom. The third kappa shape index (κ3) is 14.1. The van der Waals surface area contributed by atoms with Gasteiger partial charge < -0.3 is 30.2 Å². The summed E-state index contributed by atoms with van der Waals surface area (Å²) in [7, 11) is 0. The molecule has 0 aromatic heterocycles. The molecule has 1 saturated carbocycles. The van der Waals surface area contributed by atoms with Gasteiger partial charge in [-0.25, -0.2) is 4.79 Å². The third-order valence-electron chi connectivity index (χ3n) is 7.92. The van der Waals surface area contributed by atoms with Crippen LogP contribution in [-0.2, 0) is 20.8 Å². The van der Waals surface area contributed by atoms with E-state index in [0.717, 1.165) is 18.4 Å². The summed E-state index contributed by atoms with van der Waals surface area (Å²) in [5.74, 6) is -0.826. The zero-order chi connectivity index (χ0) is 31.6. The summed E-state index contributed by atoms with van der Waals surface area (Å²) in [4.78, 5) is 38.5. The first-order chi connectivity index (χ1) is 20.6. The van der Waals surface area contributed by atoms with Crippen LogP contribution in [0.15, 0.2) is 54.6 Å². The van der Waals surface area contributed by atoms with E-state index in [1.807, 2.05) is 61.6 Å². The van der Waals surface area contributed by atoms with Gasteiger partial charge in [0, 0.05) is 31.2 Å². The smallest absolute Gasteiger partial charge is 0.450 e. The Balaban J connectivity index is 2.13. The molecular formula is C32H48N2O9. The number of hydrogen-bond acceptors (Lipinski definition) is 8. The van der Waals surface area contributed by atoms with Gasteiger partial charge in [-0.1, -0.05) is 54.6 Å². The first kappa shape index (κ1) is 35.8. The minimum absolute atomic E-state index is 0.0295. The highest BCUT2D eigenvalue weighted by Crippen LogP contribution is 2.37. The van der Waals surface area contributed by atoms with E-state index in [1.165, 1.54) is 0 Å². The summed E-state index contributed by atoms with van der Waals surface area (Å²) in [6.45, 7) is 4.08.